The number of hydrogen-bond acceptors (Lipinski definition) is 2. The highest BCUT2D eigenvalue weighted by atomic mass is 15.3. The zero-order valence-electron chi connectivity index (χ0n) is 12.1. The van der Waals surface area contributed by atoms with Gasteiger partial charge in [0, 0.05) is 30.7 Å². The summed E-state index contributed by atoms with van der Waals surface area (Å²) in [5.74, 6) is 0.956. The van der Waals surface area contributed by atoms with Crippen LogP contribution in [0.15, 0.2) is 0 Å². The normalized spacial score (nSPS) is 32.8. The summed E-state index contributed by atoms with van der Waals surface area (Å²) in [6, 6.07) is 1.53. The van der Waals surface area contributed by atoms with Crippen LogP contribution in [0.5, 0.6) is 0 Å². The van der Waals surface area contributed by atoms with Crippen molar-refractivity contribution in [2.24, 2.45) is 5.92 Å². The van der Waals surface area contributed by atoms with Gasteiger partial charge in [0.25, 0.3) is 0 Å². The molecule has 0 radical (unpaired) electrons. The van der Waals surface area contributed by atoms with Gasteiger partial charge in [-0.1, -0.05) is 19.8 Å². The van der Waals surface area contributed by atoms with Crippen molar-refractivity contribution < 1.29 is 0 Å². The number of nitrogens with zero attached hydrogens (tertiary/aromatic N) is 1. The van der Waals surface area contributed by atoms with E-state index < -0.39 is 0 Å². The third-order valence-electron chi connectivity index (χ3n) is 4.94. The molecule has 0 aromatic heterocycles. The van der Waals surface area contributed by atoms with Crippen LogP contribution in [0, 0.1) is 5.92 Å². The number of piperazine rings is 1. The lowest BCUT2D eigenvalue weighted by Crippen LogP contribution is -2.64. The monoisotopic (exact) mass is 238 g/mol. The van der Waals surface area contributed by atoms with Crippen molar-refractivity contribution in [3.8, 4) is 0 Å². The molecule has 2 fully saturated rings. The molecule has 1 heterocycles. The molecule has 2 aliphatic rings. The van der Waals surface area contributed by atoms with E-state index in [4.69, 9.17) is 0 Å². The van der Waals surface area contributed by atoms with Crippen molar-refractivity contribution in [1.29, 1.82) is 0 Å². The van der Waals surface area contributed by atoms with Crippen molar-refractivity contribution in [2.75, 3.05) is 13.1 Å². The van der Waals surface area contributed by atoms with Crippen molar-refractivity contribution in [2.45, 2.75) is 77.4 Å². The molecule has 1 aliphatic carbocycles. The summed E-state index contributed by atoms with van der Waals surface area (Å²) in [4.78, 5) is 2.80. The predicted octanol–water partition coefficient (Wildman–Crippen LogP) is 3.03. The number of rotatable bonds is 3. The fourth-order valence-corrected chi connectivity index (χ4v) is 3.72. The van der Waals surface area contributed by atoms with E-state index in [-0.39, 0.29) is 0 Å². The Labute approximate surface area is 107 Å². The van der Waals surface area contributed by atoms with Gasteiger partial charge in [0.05, 0.1) is 0 Å². The van der Waals surface area contributed by atoms with Crippen molar-refractivity contribution >= 4 is 0 Å². The summed E-state index contributed by atoms with van der Waals surface area (Å²) in [5, 5.41) is 3.69. The molecule has 0 bridgehead atoms. The smallest absolute Gasteiger partial charge is 0.0253 e. The minimum Gasteiger partial charge on any atom is -0.309 e. The quantitative estimate of drug-likeness (QED) is 0.813. The Morgan fingerprint density at radius 1 is 1.29 bits per heavy atom. The number of hydrogen-bond donors (Lipinski definition) is 1. The lowest BCUT2D eigenvalue weighted by molar-refractivity contribution is 0.0354. The minimum atomic E-state index is 0.290. The van der Waals surface area contributed by atoms with E-state index in [1.807, 2.05) is 0 Å². The van der Waals surface area contributed by atoms with E-state index in [0.29, 0.717) is 5.54 Å². The van der Waals surface area contributed by atoms with E-state index >= 15 is 0 Å². The molecule has 2 unspecified atom stereocenters. The van der Waals surface area contributed by atoms with Gasteiger partial charge in [0.15, 0.2) is 0 Å². The highest BCUT2D eigenvalue weighted by Crippen LogP contribution is 2.32. The van der Waals surface area contributed by atoms with Gasteiger partial charge in [-0.3, -0.25) is 4.90 Å². The molecule has 0 amide bonds. The van der Waals surface area contributed by atoms with Crippen LogP contribution in [-0.4, -0.2) is 35.6 Å². The SMILES string of the molecule is CCC1CNC(C)(C)CN1C(C)C1CCCC1. The molecule has 17 heavy (non-hydrogen) atoms. The van der Waals surface area contributed by atoms with E-state index in [1.54, 1.807) is 0 Å². The maximum atomic E-state index is 3.69. The average molecular weight is 238 g/mol. The molecule has 0 aromatic carbocycles. The molecule has 1 N–H and O–H groups in total. The van der Waals surface area contributed by atoms with E-state index in [9.17, 15) is 0 Å². The summed E-state index contributed by atoms with van der Waals surface area (Å²) < 4.78 is 0. The molecule has 2 rings (SSSR count). The predicted molar refractivity (Wildman–Crippen MR) is 74.3 cm³/mol. The Kier molecular flexibility index (Phi) is 4.14. The molecule has 2 heteroatoms. The fourth-order valence-electron chi connectivity index (χ4n) is 3.72. The van der Waals surface area contributed by atoms with Gasteiger partial charge in [0.2, 0.25) is 0 Å². The largest absolute Gasteiger partial charge is 0.309 e. The van der Waals surface area contributed by atoms with Gasteiger partial charge in [-0.15, -0.1) is 0 Å². The first kappa shape index (κ1) is 13.4. The van der Waals surface area contributed by atoms with Gasteiger partial charge >= 0.3 is 0 Å². The molecular formula is C15H30N2. The third-order valence-corrected chi connectivity index (χ3v) is 4.94. The maximum Gasteiger partial charge on any atom is 0.0253 e. The van der Waals surface area contributed by atoms with Crippen LogP contribution < -0.4 is 5.32 Å². The van der Waals surface area contributed by atoms with Crippen molar-refractivity contribution in [3.05, 3.63) is 0 Å². The first-order chi connectivity index (χ1) is 8.03. The molecule has 0 aromatic rings. The van der Waals surface area contributed by atoms with Crippen LogP contribution in [0.3, 0.4) is 0 Å². The lowest BCUT2D eigenvalue weighted by Gasteiger charge is -2.48. The molecule has 100 valence electrons. The van der Waals surface area contributed by atoms with Crippen LogP contribution in [0.1, 0.15) is 59.8 Å². The Balaban J connectivity index is 2.03. The average Bonchev–Trinajstić information content (AvgIpc) is 2.80. The van der Waals surface area contributed by atoms with Crippen LogP contribution in [0.4, 0.5) is 0 Å². The summed E-state index contributed by atoms with van der Waals surface area (Å²) in [7, 11) is 0. The highest BCUT2D eigenvalue weighted by Gasteiger charge is 2.37. The Morgan fingerprint density at radius 2 is 1.94 bits per heavy atom. The second kappa shape index (κ2) is 5.27. The molecular weight excluding hydrogens is 208 g/mol. The van der Waals surface area contributed by atoms with Gasteiger partial charge in [-0.2, -0.15) is 0 Å². The molecule has 1 saturated carbocycles. The van der Waals surface area contributed by atoms with E-state index in [0.717, 1.165) is 18.0 Å². The topological polar surface area (TPSA) is 15.3 Å². The number of nitrogens with one attached hydrogen (secondary N) is 1. The second-order valence-corrected chi connectivity index (χ2v) is 6.78. The molecule has 1 aliphatic heterocycles. The maximum absolute atomic E-state index is 3.69. The molecule has 2 atom stereocenters. The lowest BCUT2D eigenvalue weighted by atomic mass is 9.91. The van der Waals surface area contributed by atoms with Crippen LogP contribution >= 0.6 is 0 Å². The molecule has 0 spiro atoms. The minimum absolute atomic E-state index is 0.290. The first-order valence-corrected chi connectivity index (χ1v) is 7.54. The van der Waals surface area contributed by atoms with Crippen LogP contribution in [-0.2, 0) is 0 Å². The van der Waals surface area contributed by atoms with Crippen LogP contribution in [0.25, 0.3) is 0 Å². The summed E-state index contributed by atoms with van der Waals surface area (Å²) in [5.41, 5.74) is 0.290. The van der Waals surface area contributed by atoms with Gasteiger partial charge in [0.1, 0.15) is 0 Å². The Morgan fingerprint density at radius 3 is 2.53 bits per heavy atom. The zero-order chi connectivity index (χ0) is 12.5. The van der Waals surface area contributed by atoms with E-state index in [1.165, 1.54) is 45.2 Å². The molecule has 2 nitrogen and oxygen atoms in total. The molecule has 1 saturated heterocycles. The van der Waals surface area contributed by atoms with Crippen molar-refractivity contribution in [1.82, 2.24) is 10.2 Å². The third kappa shape index (κ3) is 3.03. The Bertz CT molecular complexity index is 243. The summed E-state index contributed by atoms with van der Waals surface area (Å²) in [6.07, 6.45) is 7.12. The zero-order valence-corrected chi connectivity index (χ0v) is 12.1. The van der Waals surface area contributed by atoms with Crippen molar-refractivity contribution in [3.63, 3.8) is 0 Å². The highest BCUT2D eigenvalue weighted by molar-refractivity contribution is 4.95. The Hall–Kier alpha value is -0.0800. The van der Waals surface area contributed by atoms with E-state index in [2.05, 4.69) is 37.9 Å². The van der Waals surface area contributed by atoms with Gasteiger partial charge in [-0.25, -0.2) is 0 Å². The second-order valence-electron chi connectivity index (χ2n) is 6.78. The standard InChI is InChI=1S/C15H30N2/c1-5-14-10-16-15(3,4)11-17(14)12(2)13-8-6-7-9-13/h12-14,16H,5-11H2,1-4H3. The summed E-state index contributed by atoms with van der Waals surface area (Å²) in [6.45, 7) is 11.9. The fraction of sp³-hybridized carbons (Fsp3) is 1.00. The first-order valence-electron chi connectivity index (χ1n) is 7.54. The van der Waals surface area contributed by atoms with Crippen LogP contribution in [0.2, 0.25) is 0 Å². The summed E-state index contributed by atoms with van der Waals surface area (Å²) >= 11 is 0. The van der Waals surface area contributed by atoms with Gasteiger partial charge in [-0.05, 0) is 46.0 Å². The van der Waals surface area contributed by atoms with Gasteiger partial charge < -0.3 is 5.32 Å².